The number of ether oxygens (including phenoxy) is 1. The van der Waals surface area contributed by atoms with E-state index in [9.17, 15) is 18.0 Å². The van der Waals surface area contributed by atoms with Crippen LogP contribution in [0.25, 0.3) is 0 Å². The molecule has 1 aliphatic heterocycles. The lowest BCUT2D eigenvalue weighted by molar-refractivity contribution is -0.274. The van der Waals surface area contributed by atoms with Gasteiger partial charge in [-0.3, -0.25) is 9.69 Å². The number of aryl methyl sites for hydroxylation is 2. The van der Waals surface area contributed by atoms with Gasteiger partial charge in [-0.2, -0.15) is 0 Å². The first-order chi connectivity index (χ1) is 17.1. The predicted octanol–water partition coefficient (Wildman–Crippen LogP) is 4.65. The first kappa shape index (κ1) is 24.4. The predicted molar refractivity (Wildman–Crippen MR) is 128 cm³/mol. The molecule has 2 atom stereocenters. The average Bonchev–Trinajstić information content (AvgIpc) is 3.14. The zero-order chi connectivity index (χ0) is 25.4. The van der Waals surface area contributed by atoms with E-state index in [1.807, 2.05) is 0 Å². The first-order valence-electron chi connectivity index (χ1n) is 12.0. The second-order valence-corrected chi connectivity index (χ2v) is 9.98. The number of carbonyl (C=O) groups excluding carboxylic acids is 1. The van der Waals surface area contributed by atoms with Crippen LogP contribution < -0.4 is 4.74 Å². The van der Waals surface area contributed by atoms with Gasteiger partial charge in [0.25, 0.3) is 5.91 Å². The van der Waals surface area contributed by atoms with Crippen molar-refractivity contribution < 1.29 is 22.7 Å². The van der Waals surface area contributed by atoms with Gasteiger partial charge in [-0.1, -0.05) is 42.0 Å². The van der Waals surface area contributed by atoms with E-state index >= 15 is 0 Å². The molecule has 5 rings (SSSR count). The van der Waals surface area contributed by atoms with Crippen molar-refractivity contribution in [1.82, 2.24) is 19.4 Å². The summed E-state index contributed by atoms with van der Waals surface area (Å²) in [7, 11) is 1.79. The number of piperidine rings is 1. The number of benzene rings is 2. The van der Waals surface area contributed by atoms with Crippen molar-refractivity contribution in [3.63, 3.8) is 0 Å². The Balaban J connectivity index is 1.25. The van der Waals surface area contributed by atoms with Crippen LogP contribution in [0.5, 0.6) is 5.75 Å². The molecule has 2 heterocycles. The van der Waals surface area contributed by atoms with Crippen LogP contribution >= 0.6 is 0 Å². The minimum atomic E-state index is -4.77. The summed E-state index contributed by atoms with van der Waals surface area (Å²) in [6.45, 7) is 5.72. The zero-order valence-electron chi connectivity index (χ0n) is 20.3. The Morgan fingerprint density at radius 1 is 1.11 bits per heavy atom. The van der Waals surface area contributed by atoms with Gasteiger partial charge in [0.1, 0.15) is 11.4 Å². The van der Waals surface area contributed by atoms with Gasteiger partial charge in [0.2, 0.25) is 0 Å². The van der Waals surface area contributed by atoms with Crippen molar-refractivity contribution in [1.29, 1.82) is 0 Å². The van der Waals surface area contributed by atoms with Crippen LogP contribution in [0, 0.1) is 24.7 Å². The van der Waals surface area contributed by atoms with Crippen molar-refractivity contribution >= 4 is 5.91 Å². The van der Waals surface area contributed by atoms with Crippen LogP contribution in [0.15, 0.2) is 61.1 Å². The fourth-order valence-electron chi connectivity index (χ4n) is 5.31. The summed E-state index contributed by atoms with van der Waals surface area (Å²) in [6.07, 6.45) is -1.54. The molecule has 1 saturated heterocycles. The molecule has 36 heavy (non-hydrogen) atoms. The number of aromatic nitrogens is 2. The molecular weight excluding hydrogens is 469 g/mol. The highest BCUT2D eigenvalue weighted by atomic mass is 19.4. The highest BCUT2D eigenvalue weighted by Gasteiger charge is 2.55. The number of alkyl halides is 3. The van der Waals surface area contributed by atoms with Gasteiger partial charge in [0.05, 0.1) is 6.33 Å². The Hall–Kier alpha value is -3.33. The molecule has 9 heteroatoms. The third-order valence-corrected chi connectivity index (χ3v) is 7.12. The summed E-state index contributed by atoms with van der Waals surface area (Å²) in [5.74, 6) is 0.907. The van der Waals surface area contributed by atoms with E-state index in [1.54, 1.807) is 35.1 Å². The molecule has 6 nitrogen and oxygen atoms in total. The fourth-order valence-corrected chi connectivity index (χ4v) is 5.31. The van der Waals surface area contributed by atoms with Gasteiger partial charge in [-0.15, -0.1) is 13.2 Å². The number of amides is 1. The number of nitrogens with zero attached hydrogens (tertiary/aromatic N) is 4. The summed E-state index contributed by atoms with van der Waals surface area (Å²) < 4.78 is 43.8. The lowest BCUT2D eigenvalue weighted by Crippen LogP contribution is -2.35. The Labute approximate surface area is 208 Å². The van der Waals surface area contributed by atoms with Crippen molar-refractivity contribution in [3.8, 4) is 5.75 Å². The van der Waals surface area contributed by atoms with Gasteiger partial charge >= 0.3 is 6.36 Å². The first-order valence-corrected chi connectivity index (χ1v) is 12.0. The Bertz CT molecular complexity index is 1210. The van der Waals surface area contributed by atoms with Gasteiger partial charge in [-0.05, 0) is 47.9 Å². The quantitative estimate of drug-likeness (QED) is 0.454. The normalized spacial score (nSPS) is 21.3. The third kappa shape index (κ3) is 5.73. The molecule has 1 aromatic heterocycles. The van der Waals surface area contributed by atoms with Crippen LogP contribution in [0.4, 0.5) is 13.2 Å². The molecule has 1 saturated carbocycles. The minimum Gasteiger partial charge on any atom is -0.406 e. The summed E-state index contributed by atoms with van der Waals surface area (Å²) >= 11 is 0. The Kier molecular flexibility index (Phi) is 6.51. The van der Waals surface area contributed by atoms with E-state index in [4.69, 9.17) is 0 Å². The van der Waals surface area contributed by atoms with Crippen LogP contribution in [0.2, 0.25) is 0 Å². The third-order valence-electron chi connectivity index (χ3n) is 7.12. The van der Waals surface area contributed by atoms with Crippen molar-refractivity contribution in [3.05, 3.63) is 83.4 Å². The van der Waals surface area contributed by atoms with E-state index in [0.29, 0.717) is 35.6 Å². The zero-order valence-corrected chi connectivity index (χ0v) is 20.3. The Morgan fingerprint density at radius 3 is 2.47 bits per heavy atom. The molecular formula is C27H29F3N4O2. The van der Waals surface area contributed by atoms with E-state index in [0.717, 1.165) is 19.6 Å². The minimum absolute atomic E-state index is 0.188. The maximum atomic E-state index is 13.3. The molecule has 0 radical (unpaired) electrons. The van der Waals surface area contributed by atoms with E-state index in [2.05, 4.69) is 45.8 Å². The van der Waals surface area contributed by atoms with Crippen molar-refractivity contribution in [2.45, 2.75) is 26.4 Å². The molecule has 2 aromatic carbocycles. The monoisotopic (exact) mass is 498 g/mol. The molecule has 190 valence electrons. The maximum Gasteiger partial charge on any atom is 0.573 e. The lowest BCUT2D eigenvalue weighted by atomic mass is 10.1. The smallest absolute Gasteiger partial charge is 0.406 e. The number of rotatable bonds is 8. The number of hydrogen-bond acceptors (Lipinski definition) is 4. The maximum absolute atomic E-state index is 13.3. The van der Waals surface area contributed by atoms with Crippen LogP contribution in [-0.4, -0.2) is 51.3 Å². The summed E-state index contributed by atoms with van der Waals surface area (Å²) in [5, 5.41) is 0. The highest BCUT2D eigenvalue weighted by molar-refractivity contribution is 5.92. The van der Waals surface area contributed by atoms with E-state index in [-0.39, 0.29) is 18.2 Å². The number of hydrogen-bond donors (Lipinski definition) is 0. The number of fused-ring (bicyclic) bond motifs is 1. The largest absolute Gasteiger partial charge is 0.573 e. The standard InChI is InChI=1S/C27H29F3N4O2/c1-18-6-8-19(9-7-18)11-33-13-22-23(14-33)24(22)15-34(26(35)25-16-32(2)17-31-25)12-20-4-3-5-21(10-20)36-27(28,29)30/h3-10,16-17,22-24H,11-15H2,1-2H3. The van der Waals surface area contributed by atoms with E-state index in [1.165, 1.54) is 29.3 Å². The number of carbonyl (C=O) groups is 1. The topological polar surface area (TPSA) is 50.6 Å². The molecule has 0 spiro atoms. The van der Waals surface area contributed by atoms with Crippen molar-refractivity contribution in [2.24, 2.45) is 24.8 Å². The van der Waals surface area contributed by atoms with Gasteiger partial charge in [0, 0.05) is 46.0 Å². The second-order valence-electron chi connectivity index (χ2n) is 9.98. The highest BCUT2D eigenvalue weighted by Crippen LogP contribution is 2.52. The van der Waals surface area contributed by atoms with Gasteiger partial charge in [0.15, 0.2) is 0 Å². The SMILES string of the molecule is Cc1ccc(CN2CC3C(C2)C3CN(Cc2cccc(OC(F)(F)F)c2)C(=O)c2cn(C)cn2)cc1. The molecule has 1 aliphatic carbocycles. The molecule has 2 fully saturated rings. The van der Waals surface area contributed by atoms with E-state index < -0.39 is 6.36 Å². The number of imidazole rings is 1. The number of halogens is 3. The average molecular weight is 499 g/mol. The fraction of sp³-hybridized carbons (Fsp3) is 0.407. The Morgan fingerprint density at radius 2 is 1.83 bits per heavy atom. The second kappa shape index (κ2) is 9.61. The molecule has 3 aromatic rings. The van der Waals surface area contributed by atoms with Crippen molar-refractivity contribution in [2.75, 3.05) is 19.6 Å². The molecule has 0 bridgehead atoms. The lowest BCUT2D eigenvalue weighted by Gasteiger charge is -2.25. The van der Waals surface area contributed by atoms with Crippen LogP contribution in [-0.2, 0) is 20.1 Å². The van der Waals surface area contributed by atoms with Crippen LogP contribution in [0.3, 0.4) is 0 Å². The molecule has 2 unspecified atom stereocenters. The summed E-state index contributed by atoms with van der Waals surface area (Å²) in [5.41, 5.74) is 3.45. The van der Waals surface area contributed by atoms with Crippen LogP contribution in [0.1, 0.15) is 27.2 Å². The molecule has 1 amide bonds. The molecule has 0 N–H and O–H groups in total. The van der Waals surface area contributed by atoms with Gasteiger partial charge < -0.3 is 14.2 Å². The summed E-state index contributed by atoms with van der Waals surface area (Å²) in [6, 6.07) is 14.4. The molecule has 2 aliphatic rings. The summed E-state index contributed by atoms with van der Waals surface area (Å²) in [4.78, 5) is 21.7. The number of likely N-dealkylation sites (tertiary alicyclic amines) is 1. The van der Waals surface area contributed by atoms with Gasteiger partial charge in [-0.25, -0.2) is 4.98 Å².